The van der Waals surface area contributed by atoms with Crippen molar-refractivity contribution in [3.63, 3.8) is 0 Å². The fourth-order valence-electron chi connectivity index (χ4n) is 4.00. The Bertz CT molecular complexity index is 1080. The van der Waals surface area contributed by atoms with Gasteiger partial charge in [0.05, 0.1) is 9.79 Å². The van der Waals surface area contributed by atoms with Crippen LogP contribution in [0.1, 0.15) is 25.0 Å². The summed E-state index contributed by atoms with van der Waals surface area (Å²) in [5, 5.41) is 0. The maximum atomic E-state index is 11.7. The Morgan fingerprint density at radius 1 is 0.727 bits per heavy atom. The van der Waals surface area contributed by atoms with E-state index < -0.39 is 49.8 Å². The van der Waals surface area contributed by atoms with Gasteiger partial charge < -0.3 is 20.9 Å². The van der Waals surface area contributed by atoms with E-state index in [1.54, 1.807) is 62.4 Å². The molecule has 0 radical (unpaired) electrons. The predicted molar refractivity (Wildman–Crippen MR) is 126 cm³/mol. The molecule has 1 aliphatic heterocycles. The Kier molecular flexibility index (Phi) is 7.38. The Morgan fingerprint density at radius 3 is 1.30 bits per heavy atom. The van der Waals surface area contributed by atoms with Gasteiger partial charge in [0.25, 0.3) is 0 Å². The summed E-state index contributed by atoms with van der Waals surface area (Å²) in [6.45, 7) is 3.61. The molecule has 182 valence electrons. The molecule has 0 unspecified atom stereocenters. The molecule has 33 heavy (non-hydrogen) atoms. The van der Waals surface area contributed by atoms with Crippen LogP contribution in [-0.2, 0) is 42.0 Å². The molecule has 2 aromatic carbocycles. The van der Waals surface area contributed by atoms with Crippen molar-refractivity contribution in [2.45, 2.75) is 66.6 Å². The first-order valence-corrected chi connectivity index (χ1v) is 14.4. The van der Waals surface area contributed by atoms with E-state index in [0.29, 0.717) is 12.8 Å². The van der Waals surface area contributed by atoms with E-state index in [9.17, 15) is 16.8 Å². The van der Waals surface area contributed by atoms with Gasteiger partial charge in [0.1, 0.15) is 12.2 Å². The van der Waals surface area contributed by atoms with Crippen LogP contribution in [0.25, 0.3) is 0 Å². The van der Waals surface area contributed by atoms with Crippen molar-refractivity contribution in [1.82, 2.24) is 0 Å². The molecule has 10 heteroatoms. The molecule has 1 fully saturated rings. The van der Waals surface area contributed by atoms with E-state index in [1.165, 1.54) is 12.5 Å². The van der Waals surface area contributed by atoms with Gasteiger partial charge in [0.2, 0.25) is 0 Å². The van der Waals surface area contributed by atoms with Crippen molar-refractivity contribution in [2.75, 3.05) is 12.5 Å². The molecule has 0 spiro atoms. The molecule has 2 aromatic rings. The SMILES string of the molecule is CC1(C)O[C@@H]([C@H](N)Cc2ccc(S(C)(=O)=O)cc2)[C@H]([C@H](N)Cc2ccc(S(C)(=O)=O)cc2)O1. The lowest BCUT2D eigenvalue weighted by Crippen LogP contribution is -2.51. The lowest BCUT2D eigenvalue weighted by Gasteiger charge is -2.27. The summed E-state index contributed by atoms with van der Waals surface area (Å²) >= 11 is 0. The average Bonchev–Trinajstić information content (AvgIpc) is 3.03. The molecule has 4 atom stereocenters. The monoisotopic (exact) mass is 496 g/mol. The van der Waals surface area contributed by atoms with Crippen LogP contribution < -0.4 is 11.5 Å². The van der Waals surface area contributed by atoms with Crippen molar-refractivity contribution in [3.05, 3.63) is 59.7 Å². The summed E-state index contributed by atoms with van der Waals surface area (Å²) in [5.41, 5.74) is 14.8. The first-order valence-electron chi connectivity index (χ1n) is 10.6. The lowest BCUT2D eigenvalue weighted by molar-refractivity contribution is -0.149. The van der Waals surface area contributed by atoms with Gasteiger partial charge in [-0.3, -0.25) is 0 Å². The van der Waals surface area contributed by atoms with E-state index in [1.807, 2.05) is 0 Å². The number of hydrogen-bond donors (Lipinski definition) is 2. The van der Waals surface area contributed by atoms with E-state index in [-0.39, 0.29) is 9.79 Å². The highest BCUT2D eigenvalue weighted by Gasteiger charge is 2.46. The summed E-state index contributed by atoms with van der Waals surface area (Å²) in [5.74, 6) is -0.856. The highest BCUT2D eigenvalue weighted by molar-refractivity contribution is 7.91. The maximum absolute atomic E-state index is 11.7. The molecule has 0 amide bonds. The van der Waals surface area contributed by atoms with Crippen LogP contribution in [-0.4, -0.2) is 59.4 Å². The molecule has 0 aromatic heterocycles. The van der Waals surface area contributed by atoms with Crippen molar-refractivity contribution < 1.29 is 26.3 Å². The first kappa shape index (κ1) is 25.8. The minimum atomic E-state index is -3.27. The van der Waals surface area contributed by atoms with Crippen molar-refractivity contribution in [2.24, 2.45) is 11.5 Å². The van der Waals surface area contributed by atoms with Gasteiger partial charge in [0, 0.05) is 24.6 Å². The molecule has 1 heterocycles. The van der Waals surface area contributed by atoms with Gasteiger partial charge in [-0.25, -0.2) is 16.8 Å². The molecule has 0 saturated carbocycles. The second kappa shape index (κ2) is 9.44. The van der Waals surface area contributed by atoms with Crippen molar-refractivity contribution in [1.29, 1.82) is 0 Å². The maximum Gasteiger partial charge on any atom is 0.175 e. The molecular weight excluding hydrogens is 464 g/mol. The summed E-state index contributed by atoms with van der Waals surface area (Å²) in [6.07, 6.45) is 2.31. The molecule has 0 aliphatic carbocycles. The molecule has 0 bridgehead atoms. The van der Waals surface area contributed by atoms with E-state index in [0.717, 1.165) is 11.1 Å². The third-order valence-corrected chi connectivity index (χ3v) is 7.91. The second-order valence-corrected chi connectivity index (χ2v) is 13.2. The van der Waals surface area contributed by atoms with Crippen LogP contribution in [0.3, 0.4) is 0 Å². The van der Waals surface area contributed by atoms with Gasteiger partial charge in [0.15, 0.2) is 25.5 Å². The molecule has 1 aliphatic rings. The normalized spacial score (nSPS) is 22.7. The topological polar surface area (TPSA) is 139 Å². The highest BCUT2D eigenvalue weighted by Crippen LogP contribution is 2.32. The third kappa shape index (κ3) is 6.62. The summed E-state index contributed by atoms with van der Waals surface area (Å²) in [7, 11) is -6.53. The smallest absolute Gasteiger partial charge is 0.175 e. The van der Waals surface area contributed by atoms with Crippen LogP contribution in [0, 0.1) is 0 Å². The quantitative estimate of drug-likeness (QED) is 0.560. The zero-order valence-electron chi connectivity index (χ0n) is 19.3. The van der Waals surface area contributed by atoms with Gasteiger partial charge in [-0.2, -0.15) is 0 Å². The van der Waals surface area contributed by atoms with Gasteiger partial charge >= 0.3 is 0 Å². The number of hydrogen-bond acceptors (Lipinski definition) is 8. The van der Waals surface area contributed by atoms with Crippen molar-refractivity contribution in [3.8, 4) is 0 Å². The predicted octanol–water partition coefficient (Wildman–Crippen LogP) is 1.45. The van der Waals surface area contributed by atoms with Crippen LogP contribution in [0.4, 0.5) is 0 Å². The van der Waals surface area contributed by atoms with E-state index >= 15 is 0 Å². The number of sulfone groups is 2. The van der Waals surface area contributed by atoms with Gasteiger partial charge in [-0.1, -0.05) is 24.3 Å². The highest BCUT2D eigenvalue weighted by atomic mass is 32.2. The summed E-state index contributed by atoms with van der Waals surface area (Å²) < 4.78 is 58.9. The minimum absolute atomic E-state index is 0.253. The van der Waals surface area contributed by atoms with Crippen LogP contribution in [0.2, 0.25) is 0 Å². The first-order chi connectivity index (χ1) is 15.2. The van der Waals surface area contributed by atoms with Crippen LogP contribution >= 0.6 is 0 Å². The number of nitrogens with two attached hydrogens (primary N) is 2. The zero-order chi connectivity index (χ0) is 24.6. The zero-order valence-corrected chi connectivity index (χ0v) is 20.9. The summed E-state index contributed by atoms with van der Waals surface area (Å²) in [4.78, 5) is 0.506. The molecule has 1 saturated heterocycles. The van der Waals surface area contributed by atoms with Crippen LogP contribution in [0.15, 0.2) is 58.3 Å². The average molecular weight is 497 g/mol. The number of benzene rings is 2. The fourth-order valence-corrected chi connectivity index (χ4v) is 5.26. The third-order valence-electron chi connectivity index (χ3n) is 5.65. The summed E-state index contributed by atoms with van der Waals surface area (Å²) in [6, 6.07) is 12.4. The standard InChI is InChI=1S/C23H32N2O6S2/c1-23(2)30-21(19(24)13-15-5-9-17(10-6-15)32(3,26)27)22(31-23)20(25)14-16-7-11-18(12-8-16)33(4,28)29/h5-12,19-22H,13-14,24-25H2,1-4H3/t19-,20-,21+,22+/m1/s1. The Hall–Kier alpha value is -1.82. The largest absolute Gasteiger partial charge is 0.343 e. The van der Waals surface area contributed by atoms with Crippen molar-refractivity contribution >= 4 is 19.7 Å². The van der Waals surface area contributed by atoms with Crippen LogP contribution in [0.5, 0.6) is 0 Å². The molecule has 4 N–H and O–H groups in total. The Balaban J connectivity index is 1.72. The Labute approximate surface area is 196 Å². The fraction of sp³-hybridized carbons (Fsp3) is 0.478. The van der Waals surface area contributed by atoms with Gasteiger partial charge in [-0.05, 0) is 62.1 Å². The number of rotatable bonds is 8. The molecular formula is C23H32N2O6S2. The van der Waals surface area contributed by atoms with E-state index in [2.05, 4.69) is 0 Å². The minimum Gasteiger partial charge on any atom is -0.343 e. The van der Waals surface area contributed by atoms with E-state index in [4.69, 9.17) is 20.9 Å². The Morgan fingerprint density at radius 2 is 1.03 bits per heavy atom. The molecule has 3 rings (SSSR count). The lowest BCUT2D eigenvalue weighted by atomic mass is 9.92. The second-order valence-electron chi connectivity index (χ2n) is 9.13. The van der Waals surface area contributed by atoms with Gasteiger partial charge in [-0.15, -0.1) is 0 Å². The molecule has 8 nitrogen and oxygen atoms in total. The number of ether oxygens (including phenoxy) is 2.